The van der Waals surface area contributed by atoms with Crippen molar-refractivity contribution in [2.75, 3.05) is 24.8 Å². The van der Waals surface area contributed by atoms with E-state index in [4.69, 9.17) is 9.47 Å². The van der Waals surface area contributed by atoms with Crippen molar-refractivity contribution >= 4 is 28.3 Å². The molecule has 0 bridgehead atoms. The number of nitrogens with one attached hydrogen (secondary N) is 1. The van der Waals surface area contributed by atoms with Crippen LogP contribution in [-0.2, 0) is 13.1 Å². The second-order valence-corrected chi connectivity index (χ2v) is 8.98. The van der Waals surface area contributed by atoms with Gasteiger partial charge in [-0.05, 0) is 53.9 Å². The first-order valence-electron chi connectivity index (χ1n) is 10.6. The largest absolute Gasteiger partial charge is 0.454 e. The monoisotopic (exact) mass is 467 g/mol. The summed E-state index contributed by atoms with van der Waals surface area (Å²) in [6, 6.07) is 13.5. The van der Waals surface area contributed by atoms with Crippen LogP contribution < -0.4 is 19.7 Å². The summed E-state index contributed by atoms with van der Waals surface area (Å²) < 4.78 is 23.8. The minimum Gasteiger partial charge on any atom is -0.454 e. The summed E-state index contributed by atoms with van der Waals surface area (Å²) in [5.74, 6) is 0.893. The number of amides is 3. The van der Waals surface area contributed by atoms with Crippen molar-refractivity contribution < 1.29 is 23.5 Å². The summed E-state index contributed by atoms with van der Waals surface area (Å²) in [7, 11) is 0. The van der Waals surface area contributed by atoms with Crippen LogP contribution in [0, 0.1) is 12.7 Å². The predicted octanol–water partition coefficient (Wildman–Crippen LogP) is 4.30. The molecule has 2 aliphatic rings. The fourth-order valence-corrected chi connectivity index (χ4v) is 4.99. The van der Waals surface area contributed by atoms with Crippen LogP contribution in [0.1, 0.15) is 26.4 Å². The number of thiophene rings is 1. The summed E-state index contributed by atoms with van der Waals surface area (Å²) in [4.78, 5) is 29.7. The predicted molar refractivity (Wildman–Crippen MR) is 122 cm³/mol. The van der Waals surface area contributed by atoms with Crippen molar-refractivity contribution in [1.29, 1.82) is 0 Å². The normalized spacial score (nSPS) is 14.8. The number of rotatable bonds is 6. The number of aryl methyl sites for hydroxylation is 1. The summed E-state index contributed by atoms with van der Waals surface area (Å²) in [6.45, 7) is 3.96. The van der Waals surface area contributed by atoms with E-state index in [2.05, 4.69) is 5.32 Å². The van der Waals surface area contributed by atoms with E-state index in [9.17, 15) is 14.0 Å². The highest BCUT2D eigenvalue weighted by Crippen LogP contribution is 2.34. The number of benzene rings is 2. The van der Waals surface area contributed by atoms with E-state index in [-0.39, 0.29) is 24.5 Å². The van der Waals surface area contributed by atoms with Crippen molar-refractivity contribution in [3.8, 4) is 11.5 Å². The number of anilines is 1. The van der Waals surface area contributed by atoms with E-state index in [1.807, 2.05) is 31.2 Å². The van der Waals surface area contributed by atoms with Gasteiger partial charge in [0.05, 0.1) is 4.88 Å². The van der Waals surface area contributed by atoms with E-state index < -0.39 is 0 Å². The van der Waals surface area contributed by atoms with Crippen LogP contribution in [0.2, 0.25) is 0 Å². The van der Waals surface area contributed by atoms with Gasteiger partial charge in [-0.15, -0.1) is 11.3 Å². The van der Waals surface area contributed by atoms with Crippen LogP contribution in [0.15, 0.2) is 48.5 Å². The first-order valence-corrected chi connectivity index (χ1v) is 11.4. The van der Waals surface area contributed by atoms with Crippen LogP contribution >= 0.6 is 11.3 Å². The third-order valence-corrected chi connectivity index (χ3v) is 6.91. The molecule has 0 radical (unpaired) electrons. The maximum Gasteiger partial charge on any atom is 0.325 e. The molecule has 1 fully saturated rings. The number of carbonyl (C=O) groups is 2. The summed E-state index contributed by atoms with van der Waals surface area (Å²) >= 11 is 1.31. The van der Waals surface area contributed by atoms with Gasteiger partial charge in [-0.1, -0.05) is 18.2 Å². The molecule has 3 heterocycles. The van der Waals surface area contributed by atoms with Gasteiger partial charge in [-0.25, -0.2) is 9.18 Å². The zero-order valence-corrected chi connectivity index (χ0v) is 18.8. The topological polar surface area (TPSA) is 71.1 Å². The standard InChI is InChI=1S/C24H22FN3O4S/c1-15-10-21(28-9-8-27(24(28)30)13-16-2-5-18(25)6-3-16)33-22(15)23(29)26-12-17-4-7-19-20(11-17)32-14-31-19/h2-7,10-11H,8-9,12-14H2,1H3,(H,26,29). The second-order valence-electron chi connectivity index (χ2n) is 7.95. The molecule has 0 saturated carbocycles. The molecule has 5 rings (SSSR count). The fraction of sp³-hybridized carbons (Fsp3) is 0.250. The van der Waals surface area contributed by atoms with Gasteiger partial charge in [0.2, 0.25) is 6.79 Å². The quantitative estimate of drug-likeness (QED) is 0.587. The smallest absolute Gasteiger partial charge is 0.325 e. The Kier molecular flexibility index (Phi) is 5.63. The van der Waals surface area contributed by atoms with Crippen LogP contribution in [0.4, 0.5) is 14.2 Å². The highest BCUT2D eigenvalue weighted by Gasteiger charge is 2.31. The number of hydrogen-bond donors (Lipinski definition) is 1. The van der Waals surface area contributed by atoms with Crippen molar-refractivity contribution in [1.82, 2.24) is 10.2 Å². The van der Waals surface area contributed by atoms with E-state index >= 15 is 0 Å². The Bertz CT molecular complexity index is 1210. The highest BCUT2D eigenvalue weighted by molar-refractivity contribution is 7.18. The zero-order valence-electron chi connectivity index (χ0n) is 18.0. The maximum atomic E-state index is 13.1. The molecule has 0 unspecified atom stereocenters. The molecule has 3 aromatic rings. The number of hydrogen-bond acceptors (Lipinski definition) is 5. The molecule has 1 aromatic heterocycles. The molecule has 9 heteroatoms. The lowest BCUT2D eigenvalue weighted by Gasteiger charge is -2.17. The zero-order chi connectivity index (χ0) is 22.9. The molecule has 170 valence electrons. The molecule has 0 atom stereocenters. The third kappa shape index (κ3) is 4.36. The molecule has 0 aliphatic carbocycles. The molecule has 1 saturated heterocycles. The van der Waals surface area contributed by atoms with E-state index in [1.54, 1.807) is 21.9 Å². The van der Waals surface area contributed by atoms with Gasteiger partial charge in [-0.2, -0.15) is 0 Å². The van der Waals surface area contributed by atoms with E-state index in [0.29, 0.717) is 42.6 Å². The van der Waals surface area contributed by atoms with Crippen LogP contribution in [0.5, 0.6) is 11.5 Å². The molecule has 0 spiro atoms. The van der Waals surface area contributed by atoms with E-state index in [0.717, 1.165) is 21.7 Å². The van der Waals surface area contributed by atoms with E-state index in [1.165, 1.54) is 23.5 Å². The molecule has 33 heavy (non-hydrogen) atoms. The number of ether oxygens (including phenoxy) is 2. The number of fused-ring (bicyclic) bond motifs is 1. The Hall–Kier alpha value is -3.59. The maximum absolute atomic E-state index is 13.1. The van der Waals surface area contributed by atoms with Crippen LogP contribution in [0.3, 0.4) is 0 Å². The van der Waals surface area contributed by atoms with Gasteiger partial charge in [0.1, 0.15) is 10.8 Å². The first kappa shape index (κ1) is 21.3. The third-order valence-electron chi connectivity index (χ3n) is 5.65. The van der Waals surface area contributed by atoms with Crippen molar-refractivity contribution in [2.24, 2.45) is 0 Å². The molecular formula is C24H22FN3O4S. The van der Waals surface area contributed by atoms with Gasteiger partial charge in [0, 0.05) is 26.2 Å². The lowest BCUT2D eigenvalue weighted by molar-refractivity contribution is 0.0954. The summed E-state index contributed by atoms with van der Waals surface area (Å²) in [5.41, 5.74) is 2.61. The fourth-order valence-electron chi connectivity index (χ4n) is 3.88. The Labute approximate surface area is 194 Å². The molecular weight excluding hydrogens is 445 g/mol. The molecule has 1 N–H and O–H groups in total. The van der Waals surface area contributed by atoms with Crippen molar-refractivity contribution in [2.45, 2.75) is 20.0 Å². The second kappa shape index (κ2) is 8.74. The van der Waals surface area contributed by atoms with Gasteiger partial charge >= 0.3 is 6.03 Å². The Balaban J connectivity index is 1.23. The lowest BCUT2D eigenvalue weighted by Crippen LogP contribution is -2.31. The molecule has 2 aromatic carbocycles. The van der Waals surface area contributed by atoms with Crippen molar-refractivity contribution in [3.63, 3.8) is 0 Å². The summed E-state index contributed by atoms with van der Waals surface area (Å²) in [5, 5.41) is 3.68. The lowest BCUT2D eigenvalue weighted by atomic mass is 10.2. The Morgan fingerprint density at radius 1 is 1.06 bits per heavy atom. The summed E-state index contributed by atoms with van der Waals surface area (Å²) in [6.07, 6.45) is 0. The minimum atomic E-state index is -0.300. The average Bonchev–Trinajstić information content (AvgIpc) is 3.52. The van der Waals surface area contributed by atoms with Crippen LogP contribution in [0.25, 0.3) is 0 Å². The van der Waals surface area contributed by atoms with Gasteiger partial charge in [-0.3, -0.25) is 9.69 Å². The highest BCUT2D eigenvalue weighted by atomic mass is 32.1. The van der Waals surface area contributed by atoms with Gasteiger partial charge in [0.15, 0.2) is 11.5 Å². The number of halogens is 1. The number of nitrogens with zero attached hydrogens (tertiary/aromatic N) is 2. The molecule has 2 aliphatic heterocycles. The Morgan fingerprint density at radius 3 is 2.64 bits per heavy atom. The average molecular weight is 468 g/mol. The minimum absolute atomic E-state index is 0.118. The molecule has 3 amide bonds. The number of urea groups is 1. The van der Waals surface area contributed by atoms with Crippen molar-refractivity contribution in [3.05, 3.63) is 75.9 Å². The number of carbonyl (C=O) groups excluding carboxylic acids is 2. The van der Waals surface area contributed by atoms with Gasteiger partial charge < -0.3 is 19.7 Å². The Morgan fingerprint density at radius 2 is 1.82 bits per heavy atom. The van der Waals surface area contributed by atoms with Crippen LogP contribution in [-0.4, -0.2) is 36.7 Å². The van der Waals surface area contributed by atoms with Gasteiger partial charge in [0.25, 0.3) is 5.91 Å². The first-order chi connectivity index (χ1) is 16.0. The SMILES string of the molecule is Cc1cc(N2CCN(Cc3ccc(F)cc3)C2=O)sc1C(=O)NCc1ccc2c(c1)OCO2. The molecule has 7 nitrogen and oxygen atoms in total.